The maximum atomic E-state index is 12.9. The molecule has 2 aliphatic rings. The molecule has 0 bridgehead atoms. The number of nitrogens with one attached hydrogen (secondary N) is 1. The molecule has 1 saturated heterocycles. The lowest BCUT2D eigenvalue weighted by molar-refractivity contribution is -0.199. The van der Waals surface area contributed by atoms with Crippen molar-refractivity contribution in [3.05, 3.63) is 0 Å². The fraction of sp³-hybridized carbons (Fsp3) is 1.00. The van der Waals surface area contributed by atoms with Crippen LogP contribution in [0.1, 0.15) is 26.7 Å². The maximum Gasteiger partial charge on any atom is 0.406 e. The molecule has 1 saturated carbocycles. The van der Waals surface area contributed by atoms with E-state index in [9.17, 15) is 13.2 Å². The third-order valence-electron chi connectivity index (χ3n) is 3.87. The van der Waals surface area contributed by atoms with Crippen LogP contribution < -0.4 is 5.32 Å². The third kappa shape index (κ3) is 1.95. The zero-order valence-corrected chi connectivity index (χ0v) is 9.77. The lowest BCUT2D eigenvalue weighted by atomic mass is 10.00. The van der Waals surface area contributed by atoms with Crippen LogP contribution in [0.5, 0.6) is 0 Å². The van der Waals surface area contributed by atoms with Gasteiger partial charge < -0.3 is 5.32 Å². The monoisotopic (exact) mass is 236 g/mol. The Hall–Kier alpha value is -0.290. The largest absolute Gasteiger partial charge is 0.406 e. The van der Waals surface area contributed by atoms with E-state index in [2.05, 4.69) is 5.32 Å². The molecule has 94 valence electrons. The fourth-order valence-electron chi connectivity index (χ4n) is 2.51. The number of rotatable bonds is 2. The van der Waals surface area contributed by atoms with Crippen molar-refractivity contribution in [2.75, 3.05) is 19.6 Å². The van der Waals surface area contributed by atoms with Crippen molar-refractivity contribution in [2.24, 2.45) is 5.92 Å². The molecule has 1 heterocycles. The van der Waals surface area contributed by atoms with E-state index >= 15 is 0 Å². The van der Waals surface area contributed by atoms with Crippen molar-refractivity contribution >= 4 is 0 Å². The minimum absolute atomic E-state index is 0.188. The number of alkyl halides is 3. The molecule has 0 aromatic rings. The highest BCUT2D eigenvalue weighted by Gasteiger charge is 2.66. The Balaban J connectivity index is 2.05. The average molecular weight is 236 g/mol. The summed E-state index contributed by atoms with van der Waals surface area (Å²) in [5, 5.41) is 3.29. The number of hydrogen-bond donors (Lipinski definition) is 1. The average Bonchev–Trinajstić information content (AvgIpc) is 2.97. The first-order chi connectivity index (χ1) is 7.37. The molecule has 2 nitrogen and oxygen atoms in total. The Labute approximate surface area is 94.2 Å². The van der Waals surface area contributed by atoms with Crippen LogP contribution in [-0.4, -0.2) is 42.3 Å². The van der Waals surface area contributed by atoms with E-state index in [1.807, 2.05) is 13.8 Å². The van der Waals surface area contributed by atoms with Gasteiger partial charge in [-0.25, -0.2) is 0 Å². The summed E-state index contributed by atoms with van der Waals surface area (Å²) in [6.45, 7) is 5.81. The molecular weight excluding hydrogens is 217 g/mol. The summed E-state index contributed by atoms with van der Waals surface area (Å²) in [5.41, 5.74) is -1.48. The predicted molar refractivity (Wildman–Crippen MR) is 56.2 cm³/mol. The lowest BCUT2D eigenvalue weighted by Crippen LogP contribution is -2.60. The van der Waals surface area contributed by atoms with E-state index < -0.39 is 11.7 Å². The van der Waals surface area contributed by atoms with E-state index in [-0.39, 0.29) is 18.9 Å². The van der Waals surface area contributed by atoms with Gasteiger partial charge in [-0.15, -0.1) is 0 Å². The molecule has 1 unspecified atom stereocenters. The SMILES string of the molecule is CC(C)C1CN(C2(C(F)(F)F)CC2)CCN1. The van der Waals surface area contributed by atoms with Crippen LogP contribution >= 0.6 is 0 Å². The first-order valence-electron chi connectivity index (χ1n) is 5.92. The fourth-order valence-corrected chi connectivity index (χ4v) is 2.51. The molecule has 0 amide bonds. The molecule has 0 radical (unpaired) electrons. The molecule has 1 aliphatic heterocycles. The highest BCUT2D eigenvalue weighted by molar-refractivity contribution is 5.10. The molecule has 0 aromatic heterocycles. The van der Waals surface area contributed by atoms with Gasteiger partial charge in [-0.3, -0.25) is 4.90 Å². The van der Waals surface area contributed by atoms with Crippen molar-refractivity contribution in [1.82, 2.24) is 10.2 Å². The maximum absolute atomic E-state index is 12.9. The van der Waals surface area contributed by atoms with Gasteiger partial charge in [0.15, 0.2) is 0 Å². The Morgan fingerprint density at radius 2 is 1.94 bits per heavy atom. The number of halogens is 3. The van der Waals surface area contributed by atoms with Gasteiger partial charge in [0.05, 0.1) is 0 Å². The molecule has 0 aromatic carbocycles. The molecule has 1 aliphatic carbocycles. The van der Waals surface area contributed by atoms with Gasteiger partial charge in [0.1, 0.15) is 5.54 Å². The molecule has 16 heavy (non-hydrogen) atoms. The number of nitrogens with zero attached hydrogens (tertiary/aromatic N) is 1. The summed E-state index contributed by atoms with van der Waals surface area (Å²) < 4.78 is 38.8. The van der Waals surface area contributed by atoms with Crippen LogP contribution in [-0.2, 0) is 0 Å². The molecule has 0 spiro atoms. The number of hydrogen-bond acceptors (Lipinski definition) is 2. The van der Waals surface area contributed by atoms with Gasteiger partial charge in [0.25, 0.3) is 0 Å². The number of piperazine rings is 1. The second-order valence-electron chi connectivity index (χ2n) is 5.28. The molecule has 2 rings (SSSR count). The second-order valence-corrected chi connectivity index (χ2v) is 5.28. The minimum Gasteiger partial charge on any atom is -0.311 e. The van der Waals surface area contributed by atoms with E-state index in [0.29, 0.717) is 25.6 Å². The standard InChI is InChI=1S/C11H19F3N2/c1-8(2)9-7-16(6-5-15-9)10(3-4-10)11(12,13)14/h8-9,15H,3-7H2,1-2H3. The molecule has 5 heteroatoms. The molecular formula is C11H19F3N2. The van der Waals surface area contributed by atoms with Crippen LogP contribution in [0, 0.1) is 5.92 Å². The van der Waals surface area contributed by atoms with Crippen molar-refractivity contribution in [1.29, 1.82) is 0 Å². The minimum atomic E-state index is -4.06. The molecule has 1 N–H and O–H groups in total. The summed E-state index contributed by atoms with van der Waals surface area (Å²) >= 11 is 0. The lowest BCUT2D eigenvalue weighted by Gasteiger charge is -2.41. The quantitative estimate of drug-likeness (QED) is 0.789. The predicted octanol–water partition coefficient (Wildman–Crippen LogP) is 2.01. The normalized spacial score (nSPS) is 30.8. The van der Waals surface area contributed by atoms with E-state index in [1.54, 1.807) is 4.90 Å². The molecule has 1 atom stereocenters. The van der Waals surface area contributed by atoms with Gasteiger partial charge in [-0.05, 0) is 18.8 Å². The van der Waals surface area contributed by atoms with E-state index in [4.69, 9.17) is 0 Å². The topological polar surface area (TPSA) is 15.3 Å². The molecule has 2 fully saturated rings. The van der Waals surface area contributed by atoms with Crippen molar-refractivity contribution in [3.63, 3.8) is 0 Å². The van der Waals surface area contributed by atoms with Crippen LogP contribution in [0.15, 0.2) is 0 Å². The summed E-state index contributed by atoms with van der Waals surface area (Å²) in [6, 6.07) is 0.188. The first kappa shape index (κ1) is 12.2. The van der Waals surface area contributed by atoms with Gasteiger partial charge in [-0.2, -0.15) is 13.2 Å². The van der Waals surface area contributed by atoms with Gasteiger partial charge in [0.2, 0.25) is 0 Å². The van der Waals surface area contributed by atoms with Crippen molar-refractivity contribution in [2.45, 2.75) is 44.4 Å². The van der Waals surface area contributed by atoms with Gasteiger partial charge in [-0.1, -0.05) is 13.8 Å². The Morgan fingerprint density at radius 1 is 1.31 bits per heavy atom. The summed E-state index contributed by atoms with van der Waals surface area (Å²) in [6.07, 6.45) is -3.51. The Kier molecular flexibility index (Phi) is 2.95. The zero-order valence-electron chi connectivity index (χ0n) is 9.77. The van der Waals surface area contributed by atoms with E-state index in [0.717, 1.165) is 0 Å². The highest BCUT2D eigenvalue weighted by atomic mass is 19.4. The smallest absolute Gasteiger partial charge is 0.311 e. The van der Waals surface area contributed by atoms with Gasteiger partial charge in [0, 0.05) is 25.7 Å². The third-order valence-corrected chi connectivity index (χ3v) is 3.87. The zero-order chi connectivity index (χ0) is 12.0. The highest BCUT2D eigenvalue weighted by Crippen LogP contribution is 2.53. The van der Waals surface area contributed by atoms with Gasteiger partial charge >= 0.3 is 6.18 Å². The van der Waals surface area contributed by atoms with Crippen molar-refractivity contribution < 1.29 is 13.2 Å². The second kappa shape index (κ2) is 3.88. The van der Waals surface area contributed by atoms with E-state index in [1.165, 1.54) is 0 Å². The Bertz CT molecular complexity index is 258. The summed E-state index contributed by atoms with van der Waals surface area (Å²) in [4.78, 5) is 1.65. The van der Waals surface area contributed by atoms with Crippen LogP contribution in [0.25, 0.3) is 0 Å². The Morgan fingerprint density at radius 3 is 2.38 bits per heavy atom. The van der Waals surface area contributed by atoms with Crippen LogP contribution in [0.3, 0.4) is 0 Å². The van der Waals surface area contributed by atoms with Crippen LogP contribution in [0.2, 0.25) is 0 Å². The van der Waals surface area contributed by atoms with Crippen LogP contribution in [0.4, 0.5) is 13.2 Å². The first-order valence-corrected chi connectivity index (χ1v) is 5.92. The summed E-state index contributed by atoms with van der Waals surface area (Å²) in [5.74, 6) is 0.381. The van der Waals surface area contributed by atoms with Crippen molar-refractivity contribution in [3.8, 4) is 0 Å². The summed E-state index contributed by atoms with van der Waals surface area (Å²) in [7, 11) is 0.